The van der Waals surface area contributed by atoms with E-state index in [2.05, 4.69) is 5.10 Å². The molecule has 0 bridgehead atoms. The second kappa shape index (κ2) is 5.00. The van der Waals surface area contributed by atoms with Gasteiger partial charge in [-0.1, -0.05) is 0 Å². The monoisotopic (exact) mass is 274 g/mol. The van der Waals surface area contributed by atoms with Crippen LogP contribution in [0.2, 0.25) is 0 Å². The molecule has 0 spiro atoms. The van der Waals surface area contributed by atoms with Gasteiger partial charge in [-0.3, -0.25) is 4.68 Å². The van der Waals surface area contributed by atoms with Crippen LogP contribution in [0, 0.1) is 0 Å². The Balaban J connectivity index is 2.28. The number of ether oxygens (including phenoxy) is 1. The Morgan fingerprint density at radius 2 is 1.85 bits per heavy atom. The number of aryl methyl sites for hydroxylation is 1. The molecule has 0 unspecified atom stereocenters. The zero-order valence-corrected chi connectivity index (χ0v) is 12.0. The van der Waals surface area contributed by atoms with Crippen LogP contribution in [-0.4, -0.2) is 26.5 Å². The lowest BCUT2D eigenvalue weighted by molar-refractivity contribution is 0.0689. The molecular formula is C15H18N2O3. The maximum Gasteiger partial charge on any atom is 0.356 e. The Morgan fingerprint density at radius 1 is 1.25 bits per heavy atom. The van der Waals surface area contributed by atoms with E-state index < -0.39 is 5.97 Å². The summed E-state index contributed by atoms with van der Waals surface area (Å²) in [5.41, 5.74) is 1.45. The molecule has 0 radical (unpaired) electrons. The largest absolute Gasteiger partial charge is 0.488 e. The van der Waals surface area contributed by atoms with Crippen molar-refractivity contribution in [2.45, 2.75) is 26.4 Å². The molecule has 0 aliphatic rings. The summed E-state index contributed by atoms with van der Waals surface area (Å²) in [5, 5.41) is 12.9. The smallest absolute Gasteiger partial charge is 0.356 e. The fourth-order valence-corrected chi connectivity index (χ4v) is 1.89. The summed E-state index contributed by atoms with van der Waals surface area (Å²) in [6, 6.07) is 9.08. The molecule has 0 saturated heterocycles. The molecule has 1 N–H and O–H groups in total. The maximum atomic E-state index is 10.9. The van der Waals surface area contributed by atoms with E-state index in [0.717, 1.165) is 17.0 Å². The van der Waals surface area contributed by atoms with Crippen molar-refractivity contribution in [3.8, 4) is 17.0 Å². The topological polar surface area (TPSA) is 64.4 Å². The van der Waals surface area contributed by atoms with Crippen molar-refractivity contribution < 1.29 is 14.6 Å². The minimum Gasteiger partial charge on any atom is -0.488 e. The maximum absolute atomic E-state index is 10.9. The van der Waals surface area contributed by atoms with Crippen molar-refractivity contribution in [3.63, 3.8) is 0 Å². The highest BCUT2D eigenvalue weighted by Gasteiger charge is 2.14. The van der Waals surface area contributed by atoms with Gasteiger partial charge in [0, 0.05) is 12.6 Å². The molecule has 1 aromatic carbocycles. The number of hydrogen-bond acceptors (Lipinski definition) is 3. The lowest BCUT2D eigenvalue weighted by atomic mass is 10.1. The van der Waals surface area contributed by atoms with Gasteiger partial charge in [-0.15, -0.1) is 0 Å². The van der Waals surface area contributed by atoms with E-state index in [0.29, 0.717) is 0 Å². The third kappa shape index (κ3) is 3.17. The fourth-order valence-electron chi connectivity index (χ4n) is 1.89. The second-order valence-corrected chi connectivity index (χ2v) is 5.58. The first-order valence-corrected chi connectivity index (χ1v) is 6.33. The van der Waals surface area contributed by atoms with Crippen LogP contribution in [0.5, 0.6) is 5.75 Å². The molecule has 0 amide bonds. The van der Waals surface area contributed by atoms with Gasteiger partial charge in [0.2, 0.25) is 0 Å². The van der Waals surface area contributed by atoms with Crippen molar-refractivity contribution in [1.82, 2.24) is 9.78 Å². The quantitative estimate of drug-likeness (QED) is 0.934. The number of hydrogen-bond donors (Lipinski definition) is 1. The van der Waals surface area contributed by atoms with Crippen LogP contribution < -0.4 is 4.74 Å². The van der Waals surface area contributed by atoms with Crippen molar-refractivity contribution in [2.75, 3.05) is 0 Å². The van der Waals surface area contributed by atoms with Crippen molar-refractivity contribution in [3.05, 3.63) is 36.0 Å². The lowest BCUT2D eigenvalue weighted by Crippen LogP contribution is -2.22. The molecule has 2 aromatic rings. The summed E-state index contributed by atoms with van der Waals surface area (Å²) >= 11 is 0. The van der Waals surface area contributed by atoms with E-state index in [-0.39, 0.29) is 11.3 Å². The number of aromatic carboxylic acids is 1. The number of nitrogens with zero attached hydrogens (tertiary/aromatic N) is 2. The first-order valence-electron chi connectivity index (χ1n) is 6.33. The first kappa shape index (κ1) is 14.1. The molecule has 5 nitrogen and oxygen atoms in total. The van der Waals surface area contributed by atoms with Crippen molar-refractivity contribution >= 4 is 5.97 Å². The Hall–Kier alpha value is -2.30. The molecule has 0 atom stereocenters. The number of rotatable bonds is 3. The average molecular weight is 274 g/mol. The lowest BCUT2D eigenvalue weighted by Gasteiger charge is -2.21. The summed E-state index contributed by atoms with van der Waals surface area (Å²) < 4.78 is 7.31. The molecular weight excluding hydrogens is 256 g/mol. The van der Waals surface area contributed by atoms with Crippen LogP contribution in [0.3, 0.4) is 0 Å². The van der Waals surface area contributed by atoms with Gasteiger partial charge < -0.3 is 9.84 Å². The summed E-state index contributed by atoms with van der Waals surface area (Å²) in [5.74, 6) is -0.249. The van der Waals surface area contributed by atoms with Gasteiger partial charge in [0.15, 0.2) is 5.69 Å². The minimum absolute atomic E-state index is 0.0394. The van der Waals surface area contributed by atoms with Gasteiger partial charge in [-0.25, -0.2) is 4.79 Å². The zero-order valence-electron chi connectivity index (χ0n) is 12.0. The van der Waals surface area contributed by atoms with Gasteiger partial charge in [0.25, 0.3) is 0 Å². The van der Waals surface area contributed by atoms with Gasteiger partial charge in [-0.2, -0.15) is 5.10 Å². The van der Waals surface area contributed by atoms with Gasteiger partial charge in [0.1, 0.15) is 11.4 Å². The SMILES string of the molecule is Cn1nc(C(=O)O)cc1-c1ccc(OC(C)(C)C)cc1. The van der Waals surface area contributed by atoms with Crippen LogP contribution in [0.15, 0.2) is 30.3 Å². The molecule has 0 aliphatic carbocycles. The Kier molecular flexibility index (Phi) is 3.53. The van der Waals surface area contributed by atoms with Crippen LogP contribution >= 0.6 is 0 Å². The highest BCUT2D eigenvalue weighted by molar-refractivity contribution is 5.87. The number of carbonyl (C=O) groups is 1. The first-order chi connectivity index (χ1) is 9.26. The van der Waals surface area contributed by atoms with Gasteiger partial charge in [-0.05, 0) is 51.1 Å². The summed E-state index contributed by atoms with van der Waals surface area (Å²) in [4.78, 5) is 10.9. The third-order valence-electron chi connectivity index (χ3n) is 2.67. The average Bonchev–Trinajstić information content (AvgIpc) is 2.70. The predicted octanol–water partition coefficient (Wildman–Crippen LogP) is 2.96. The number of benzene rings is 1. The highest BCUT2D eigenvalue weighted by atomic mass is 16.5. The standard InChI is InChI=1S/C15H18N2O3/c1-15(2,3)20-11-7-5-10(6-8-11)13-9-12(14(18)19)16-17(13)4/h5-9H,1-4H3,(H,18,19). The highest BCUT2D eigenvalue weighted by Crippen LogP contribution is 2.24. The van der Waals surface area contributed by atoms with E-state index in [1.54, 1.807) is 17.8 Å². The molecule has 5 heteroatoms. The van der Waals surface area contributed by atoms with Crippen molar-refractivity contribution in [2.24, 2.45) is 7.05 Å². The molecule has 20 heavy (non-hydrogen) atoms. The van der Waals surface area contributed by atoms with E-state index in [9.17, 15) is 4.79 Å². The molecule has 2 rings (SSSR count). The van der Waals surface area contributed by atoms with Gasteiger partial charge in [0.05, 0.1) is 5.69 Å². The molecule has 1 heterocycles. The second-order valence-electron chi connectivity index (χ2n) is 5.58. The molecule has 0 saturated carbocycles. The summed E-state index contributed by atoms with van der Waals surface area (Å²) in [7, 11) is 1.72. The van der Waals surface area contributed by atoms with Crippen LogP contribution in [0.1, 0.15) is 31.3 Å². The Labute approximate surface area is 117 Å². The minimum atomic E-state index is -1.03. The van der Waals surface area contributed by atoms with Crippen LogP contribution in [0.25, 0.3) is 11.3 Å². The zero-order chi connectivity index (χ0) is 14.9. The van der Waals surface area contributed by atoms with Crippen LogP contribution in [0.4, 0.5) is 0 Å². The Bertz CT molecular complexity index is 622. The number of carboxylic acids is 1. The molecule has 106 valence electrons. The summed E-state index contributed by atoms with van der Waals surface area (Å²) in [6.45, 7) is 5.96. The van der Waals surface area contributed by atoms with E-state index in [1.807, 2.05) is 45.0 Å². The molecule has 0 aliphatic heterocycles. The number of aromatic nitrogens is 2. The third-order valence-corrected chi connectivity index (χ3v) is 2.67. The normalized spacial score (nSPS) is 11.4. The van der Waals surface area contributed by atoms with E-state index in [4.69, 9.17) is 9.84 Å². The van der Waals surface area contributed by atoms with E-state index >= 15 is 0 Å². The van der Waals surface area contributed by atoms with Crippen LogP contribution in [-0.2, 0) is 7.05 Å². The van der Waals surface area contributed by atoms with Crippen molar-refractivity contribution in [1.29, 1.82) is 0 Å². The molecule has 0 fully saturated rings. The fraction of sp³-hybridized carbons (Fsp3) is 0.333. The number of carboxylic acid groups (broad SMARTS) is 1. The predicted molar refractivity (Wildman–Crippen MR) is 76.0 cm³/mol. The summed E-state index contributed by atoms with van der Waals surface area (Å²) in [6.07, 6.45) is 0. The Morgan fingerprint density at radius 3 is 2.30 bits per heavy atom. The van der Waals surface area contributed by atoms with Gasteiger partial charge >= 0.3 is 5.97 Å². The van der Waals surface area contributed by atoms with E-state index in [1.165, 1.54) is 0 Å². The molecule has 1 aromatic heterocycles.